The number of likely N-dealkylation sites (tertiary alicyclic amines) is 1. The standard InChI is InChI=1S/C25H24ClN3O4S/c26-20-9-6-18(7-10-20)23-17-33-24-15-19(25(30)28-13-2-1-3-14-28)8-11-22(24)29(23)34(31,32)21-5-4-12-27-16-21/h4-12,15-16,23H,1-3,13-14,17H2. The van der Waals surface area contributed by atoms with Crippen LogP contribution in [0.3, 0.4) is 0 Å². The molecule has 2 aliphatic heterocycles. The van der Waals surface area contributed by atoms with Gasteiger partial charge in [0.2, 0.25) is 0 Å². The summed E-state index contributed by atoms with van der Waals surface area (Å²) in [5.74, 6) is 0.299. The Morgan fingerprint density at radius 2 is 1.79 bits per heavy atom. The molecule has 9 heteroatoms. The van der Waals surface area contributed by atoms with Crippen LogP contribution in [0, 0.1) is 0 Å². The summed E-state index contributed by atoms with van der Waals surface area (Å²) in [5, 5.41) is 0.559. The second kappa shape index (κ2) is 9.27. The molecule has 0 saturated carbocycles. The number of rotatable bonds is 4. The first-order chi connectivity index (χ1) is 16.4. The van der Waals surface area contributed by atoms with Gasteiger partial charge < -0.3 is 9.64 Å². The minimum absolute atomic E-state index is 0.0624. The van der Waals surface area contributed by atoms with E-state index in [0.29, 0.717) is 22.0 Å². The molecule has 0 radical (unpaired) electrons. The summed E-state index contributed by atoms with van der Waals surface area (Å²) < 4.78 is 35.0. The van der Waals surface area contributed by atoms with Gasteiger partial charge in [0.05, 0.1) is 5.69 Å². The Labute approximate surface area is 204 Å². The largest absolute Gasteiger partial charge is 0.489 e. The molecule has 1 saturated heterocycles. The number of hydrogen-bond donors (Lipinski definition) is 0. The fourth-order valence-corrected chi connectivity index (χ4v) is 6.18. The van der Waals surface area contributed by atoms with Gasteiger partial charge in [0, 0.05) is 36.1 Å². The predicted molar refractivity (Wildman–Crippen MR) is 130 cm³/mol. The van der Waals surface area contributed by atoms with E-state index < -0.39 is 16.1 Å². The molecule has 0 bridgehead atoms. The van der Waals surface area contributed by atoms with Crippen LogP contribution in [-0.4, -0.2) is 43.9 Å². The zero-order valence-electron chi connectivity index (χ0n) is 18.4. The maximum Gasteiger partial charge on any atom is 0.266 e. The van der Waals surface area contributed by atoms with E-state index in [1.54, 1.807) is 48.5 Å². The number of halogens is 1. The van der Waals surface area contributed by atoms with Gasteiger partial charge >= 0.3 is 0 Å². The number of hydrogen-bond acceptors (Lipinski definition) is 5. The van der Waals surface area contributed by atoms with E-state index >= 15 is 0 Å². The maximum absolute atomic E-state index is 13.8. The van der Waals surface area contributed by atoms with Gasteiger partial charge in [-0.25, -0.2) is 8.42 Å². The average molecular weight is 498 g/mol. The van der Waals surface area contributed by atoms with Gasteiger partial charge in [0.15, 0.2) is 0 Å². The second-order valence-corrected chi connectivity index (χ2v) is 10.7. The summed E-state index contributed by atoms with van der Waals surface area (Å²) in [5.41, 5.74) is 1.62. The van der Waals surface area contributed by atoms with E-state index in [1.165, 1.54) is 22.8 Å². The lowest BCUT2D eigenvalue weighted by atomic mass is 10.0. The molecule has 3 aromatic rings. The van der Waals surface area contributed by atoms with Crippen molar-refractivity contribution in [1.82, 2.24) is 9.88 Å². The summed E-state index contributed by atoms with van der Waals surface area (Å²) in [7, 11) is -3.97. The minimum Gasteiger partial charge on any atom is -0.489 e. The smallest absolute Gasteiger partial charge is 0.266 e. The molecule has 2 aliphatic rings. The molecule has 176 valence electrons. The van der Waals surface area contributed by atoms with E-state index in [2.05, 4.69) is 4.98 Å². The third-order valence-corrected chi connectivity index (χ3v) is 8.27. The van der Waals surface area contributed by atoms with Crippen molar-refractivity contribution in [3.63, 3.8) is 0 Å². The van der Waals surface area contributed by atoms with Gasteiger partial charge in [-0.15, -0.1) is 0 Å². The number of anilines is 1. The molecule has 5 rings (SSSR count). The van der Waals surface area contributed by atoms with Crippen LogP contribution in [-0.2, 0) is 10.0 Å². The molecular formula is C25H24ClN3O4S. The number of carbonyl (C=O) groups excluding carboxylic acids is 1. The highest BCUT2D eigenvalue weighted by Gasteiger charge is 2.39. The van der Waals surface area contributed by atoms with E-state index in [4.69, 9.17) is 16.3 Å². The Kier molecular flexibility index (Phi) is 6.18. The summed E-state index contributed by atoms with van der Waals surface area (Å²) in [6.07, 6.45) is 5.98. The van der Waals surface area contributed by atoms with Crippen molar-refractivity contribution in [3.8, 4) is 5.75 Å². The van der Waals surface area contributed by atoms with Gasteiger partial charge in [0.1, 0.15) is 23.3 Å². The van der Waals surface area contributed by atoms with E-state index in [9.17, 15) is 13.2 Å². The Bertz CT molecular complexity index is 1290. The van der Waals surface area contributed by atoms with Crippen LogP contribution in [0.5, 0.6) is 5.75 Å². The molecule has 7 nitrogen and oxygen atoms in total. The molecule has 0 N–H and O–H groups in total. The van der Waals surface area contributed by atoms with Gasteiger partial charge in [-0.2, -0.15) is 0 Å². The normalized spacial score (nSPS) is 18.2. The lowest BCUT2D eigenvalue weighted by molar-refractivity contribution is 0.0724. The average Bonchev–Trinajstić information content (AvgIpc) is 2.88. The topological polar surface area (TPSA) is 79.8 Å². The number of sulfonamides is 1. The summed E-state index contributed by atoms with van der Waals surface area (Å²) in [6.45, 7) is 1.56. The molecule has 1 fully saturated rings. The molecule has 0 spiro atoms. The maximum atomic E-state index is 13.8. The Morgan fingerprint density at radius 3 is 2.50 bits per heavy atom. The summed E-state index contributed by atoms with van der Waals surface area (Å²) in [4.78, 5) is 18.9. The zero-order valence-corrected chi connectivity index (χ0v) is 20.0. The van der Waals surface area contributed by atoms with Crippen LogP contribution < -0.4 is 9.04 Å². The zero-order chi connectivity index (χ0) is 23.7. The molecule has 1 amide bonds. The molecule has 2 aromatic carbocycles. The molecule has 3 heterocycles. The van der Waals surface area contributed by atoms with Crippen LogP contribution in [0.25, 0.3) is 0 Å². The summed E-state index contributed by atoms with van der Waals surface area (Å²) in [6, 6.07) is 14.5. The van der Waals surface area contributed by atoms with Gasteiger partial charge in [-0.1, -0.05) is 23.7 Å². The molecule has 1 aromatic heterocycles. The van der Waals surface area contributed by atoms with Crippen LogP contribution >= 0.6 is 11.6 Å². The number of piperidine rings is 1. The highest BCUT2D eigenvalue weighted by atomic mass is 35.5. The van der Waals surface area contributed by atoms with Gasteiger partial charge in [-0.05, 0) is 67.3 Å². The van der Waals surface area contributed by atoms with E-state index in [1.807, 2.05) is 4.90 Å². The first-order valence-electron chi connectivity index (χ1n) is 11.2. The molecule has 1 unspecified atom stereocenters. The molecular weight excluding hydrogens is 474 g/mol. The van der Waals surface area contributed by atoms with E-state index in [-0.39, 0.29) is 17.4 Å². The number of carbonyl (C=O) groups is 1. The number of benzene rings is 2. The van der Waals surface area contributed by atoms with Crippen molar-refractivity contribution in [2.24, 2.45) is 0 Å². The van der Waals surface area contributed by atoms with Crippen LogP contribution in [0.15, 0.2) is 71.9 Å². The highest BCUT2D eigenvalue weighted by Crippen LogP contribution is 2.43. The Balaban J connectivity index is 1.58. The van der Waals surface area contributed by atoms with Crippen molar-refractivity contribution in [2.75, 3.05) is 24.0 Å². The van der Waals surface area contributed by atoms with Crippen molar-refractivity contribution >= 4 is 33.2 Å². The van der Waals surface area contributed by atoms with Crippen molar-refractivity contribution in [3.05, 3.63) is 83.1 Å². The fraction of sp³-hybridized carbons (Fsp3) is 0.280. The fourth-order valence-electron chi connectivity index (χ4n) is 4.46. The van der Waals surface area contributed by atoms with Crippen molar-refractivity contribution in [1.29, 1.82) is 0 Å². The lowest BCUT2D eigenvalue weighted by Gasteiger charge is -2.38. The first kappa shape index (κ1) is 22.7. The van der Waals surface area contributed by atoms with Gasteiger partial charge in [-0.3, -0.25) is 14.1 Å². The number of pyridine rings is 1. The summed E-state index contributed by atoms with van der Waals surface area (Å²) >= 11 is 6.06. The number of fused-ring (bicyclic) bond motifs is 1. The van der Waals surface area contributed by atoms with Gasteiger partial charge in [0.25, 0.3) is 15.9 Å². The third-order valence-electron chi connectivity index (χ3n) is 6.21. The molecule has 0 aliphatic carbocycles. The molecule has 1 atom stereocenters. The van der Waals surface area contributed by atoms with Crippen molar-refractivity contribution in [2.45, 2.75) is 30.2 Å². The number of ether oxygens (including phenoxy) is 1. The number of amides is 1. The second-order valence-electron chi connectivity index (χ2n) is 8.40. The highest BCUT2D eigenvalue weighted by molar-refractivity contribution is 7.92. The predicted octanol–water partition coefficient (Wildman–Crippen LogP) is 4.69. The van der Waals surface area contributed by atoms with Crippen LogP contribution in [0.1, 0.15) is 41.2 Å². The first-order valence-corrected chi connectivity index (χ1v) is 13.0. The monoisotopic (exact) mass is 497 g/mol. The van der Waals surface area contributed by atoms with E-state index in [0.717, 1.165) is 37.9 Å². The number of nitrogens with zero attached hydrogens (tertiary/aromatic N) is 3. The van der Waals surface area contributed by atoms with Crippen molar-refractivity contribution < 1.29 is 17.9 Å². The lowest BCUT2D eigenvalue weighted by Crippen LogP contribution is -2.41. The quantitative estimate of drug-likeness (QED) is 0.522. The van der Waals surface area contributed by atoms with Crippen LogP contribution in [0.4, 0.5) is 5.69 Å². The number of aromatic nitrogens is 1. The third kappa shape index (κ3) is 4.23. The Morgan fingerprint density at radius 1 is 1.03 bits per heavy atom. The SMILES string of the molecule is O=C(c1ccc2c(c1)OCC(c1ccc(Cl)cc1)N2S(=O)(=O)c1cccnc1)N1CCCCC1. The Hall–Kier alpha value is -3.10. The van der Waals surface area contributed by atoms with Crippen LogP contribution in [0.2, 0.25) is 5.02 Å². The molecule has 34 heavy (non-hydrogen) atoms. The minimum atomic E-state index is -3.97.